The molecule has 7 nitrogen and oxygen atoms in total. The van der Waals surface area contributed by atoms with Gasteiger partial charge in [0.05, 0.1) is 5.97 Å². The lowest BCUT2D eigenvalue weighted by molar-refractivity contribution is -0.255. The Hall–Kier alpha value is -3.26. The summed E-state index contributed by atoms with van der Waals surface area (Å²) in [6, 6.07) is 9.29. The minimum Gasteiger partial charge on any atom is -0.545 e. The van der Waals surface area contributed by atoms with E-state index in [1.54, 1.807) is 24.3 Å². The standard InChI is InChI=1S/C18H14N2O5S/c1-19-15(21)13(16(22)20(2)18(19)26)9-12-6-7-14(25-12)10-4-3-5-11(8-10)17(23)24/h3-9H,1-2H3,(H,23,24)/p-1. The number of benzene rings is 1. The Labute approximate surface area is 154 Å². The van der Waals surface area contributed by atoms with Gasteiger partial charge < -0.3 is 14.3 Å². The molecule has 1 fully saturated rings. The van der Waals surface area contributed by atoms with E-state index in [2.05, 4.69) is 0 Å². The second-order valence-electron chi connectivity index (χ2n) is 5.64. The monoisotopic (exact) mass is 369 g/mol. The molecule has 1 saturated heterocycles. The van der Waals surface area contributed by atoms with Crippen molar-refractivity contribution in [1.82, 2.24) is 9.80 Å². The predicted molar refractivity (Wildman–Crippen MR) is 94.6 cm³/mol. The molecule has 0 N–H and O–H groups in total. The number of carbonyl (C=O) groups excluding carboxylic acids is 3. The van der Waals surface area contributed by atoms with Crippen LogP contribution >= 0.6 is 12.2 Å². The number of amides is 2. The number of furan rings is 1. The van der Waals surface area contributed by atoms with Crippen LogP contribution in [-0.2, 0) is 9.59 Å². The van der Waals surface area contributed by atoms with Crippen LogP contribution in [0, 0.1) is 0 Å². The molecule has 1 aliphatic rings. The van der Waals surface area contributed by atoms with E-state index in [0.717, 1.165) is 0 Å². The van der Waals surface area contributed by atoms with Crippen LogP contribution in [0.15, 0.2) is 46.4 Å². The second-order valence-corrected chi connectivity index (χ2v) is 6.00. The molecule has 0 saturated carbocycles. The van der Waals surface area contributed by atoms with Crippen LogP contribution in [0.25, 0.3) is 17.4 Å². The van der Waals surface area contributed by atoms with Gasteiger partial charge in [-0.05, 0) is 42.1 Å². The summed E-state index contributed by atoms with van der Waals surface area (Å²) in [6.45, 7) is 0. The SMILES string of the molecule is CN1C(=O)C(=Cc2ccc(-c3cccc(C(=O)[O-])c3)o2)C(=O)N(C)C1=S. The van der Waals surface area contributed by atoms with Crippen molar-refractivity contribution >= 4 is 41.2 Å². The first-order valence-electron chi connectivity index (χ1n) is 7.53. The van der Waals surface area contributed by atoms with Crippen LogP contribution < -0.4 is 5.11 Å². The summed E-state index contributed by atoms with van der Waals surface area (Å²) in [6.07, 6.45) is 1.34. The molecule has 8 heteroatoms. The fourth-order valence-corrected chi connectivity index (χ4v) is 2.67. The maximum atomic E-state index is 12.3. The van der Waals surface area contributed by atoms with Crippen molar-refractivity contribution in [2.75, 3.05) is 14.1 Å². The third kappa shape index (κ3) is 3.02. The summed E-state index contributed by atoms with van der Waals surface area (Å²) in [5, 5.41) is 11.1. The Kier molecular flexibility index (Phi) is 4.43. The van der Waals surface area contributed by atoms with E-state index in [-0.39, 0.29) is 22.0 Å². The highest BCUT2D eigenvalue weighted by atomic mass is 32.1. The summed E-state index contributed by atoms with van der Waals surface area (Å²) in [5.74, 6) is -1.65. The fourth-order valence-electron chi connectivity index (χ4n) is 2.50. The largest absolute Gasteiger partial charge is 0.545 e. The molecule has 2 heterocycles. The lowest BCUT2D eigenvalue weighted by Crippen LogP contribution is -2.52. The average molecular weight is 369 g/mol. The minimum atomic E-state index is -1.29. The molecule has 2 amide bonds. The highest BCUT2D eigenvalue weighted by Gasteiger charge is 2.35. The number of aromatic carboxylic acids is 1. The van der Waals surface area contributed by atoms with Crippen molar-refractivity contribution in [3.05, 3.63) is 53.3 Å². The van der Waals surface area contributed by atoms with E-state index in [4.69, 9.17) is 16.6 Å². The molecule has 1 aromatic heterocycles. The Balaban J connectivity index is 1.95. The van der Waals surface area contributed by atoms with E-state index in [1.807, 2.05) is 0 Å². The first-order valence-corrected chi connectivity index (χ1v) is 7.94. The van der Waals surface area contributed by atoms with Crippen molar-refractivity contribution in [3.63, 3.8) is 0 Å². The topological polar surface area (TPSA) is 93.9 Å². The lowest BCUT2D eigenvalue weighted by Gasteiger charge is -2.31. The second kappa shape index (κ2) is 6.57. The van der Waals surface area contributed by atoms with Gasteiger partial charge in [0.15, 0.2) is 5.11 Å². The lowest BCUT2D eigenvalue weighted by atomic mass is 10.1. The molecule has 0 aliphatic carbocycles. The first kappa shape index (κ1) is 17.6. The Morgan fingerprint density at radius 1 is 1.12 bits per heavy atom. The maximum absolute atomic E-state index is 12.3. The Morgan fingerprint density at radius 2 is 1.77 bits per heavy atom. The summed E-state index contributed by atoms with van der Waals surface area (Å²) in [7, 11) is 2.97. The normalized spacial score (nSPS) is 14.8. The molecule has 0 atom stereocenters. The van der Waals surface area contributed by atoms with Gasteiger partial charge in [0.25, 0.3) is 11.8 Å². The van der Waals surface area contributed by atoms with Crippen LogP contribution in [0.4, 0.5) is 0 Å². The Bertz CT molecular complexity index is 949. The number of thiocarbonyl (C=S) groups is 1. The molecule has 132 valence electrons. The first-order chi connectivity index (χ1) is 12.3. The van der Waals surface area contributed by atoms with Crippen molar-refractivity contribution in [3.8, 4) is 11.3 Å². The van der Waals surface area contributed by atoms with Crippen molar-refractivity contribution in [2.24, 2.45) is 0 Å². The molecule has 2 aromatic rings. The minimum absolute atomic E-state index is 0.0215. The summed E-state index contributed by atoms with van der Waals surface area (Å²) < 4.78 is 5.64. The van der Waals surface area contributed by atoms with Gasteiger partial charge >= 0.3 is 0 Å². The molecule has 0 spiro atoms. The third-order valence-corrected chi connectivity index (χ3v) is 4.49. The molecule has 0 bridgehead atoms. The molecule has 26 heavy (non-hydrogen) atoms. The maximum Gasteiger partial charge on any atom is 0.265 e. The quantitative estimate of drug-likeness (QED) is 0.453. The molecule has 0 radical (unpaired) electrons. The van der Waals surface area contributed by atoms with Gasteiger partial charge in [-0.1, -0.05) is 18.2 Å². The summed E-state index contributed by atoms with van der Waals surface area (Å²) in [5.41, 5.74) is 0.481. The van der Waals surface area contributed by atoms with Crippen molar-refractivity contribution in [1.29, 1.82) is 0 Å². The number of rotatable bonds is 3. The predicted octanol–water partition coefficient (Wildman–Crippen LogP) is 0.909. The molecule has 1 aromatic carbocycles. The zero-order chi connectivity index (χ0) is 19.0. The molecule has 1 aliphatic heterocycles. The van der Waals surface area contributed by atoms with Crippen LogP contribution in [0.5, 0.6) is 0 Å². The van der Waals surface area contributed by atoms with Crippen LogP contribution in [0.1, 0.15) is 16.1 Å². The number of carbonyl (C=O) groups is 3. The summed E-state index contributed by atoms with van der Waals surface area (Å²) >= 11 is 5.03. The number of nitrogens with zero attached hydrogens (tertiary/aromatic N) is 2. The number of carboxylic acid groups (broad SMARTS) is 1. The molecule has 0 unspecified atom stereocenters. The molecular weight excluding hydrogens is 356 g/mol. The van der Waals surface area contributed by atoms with Gasteiger partial charge in [0, 0.05) is 19.7 Å². The smallest absolute Gasteiger partial charge is 0.265 e. The molecular formula is C18H13N2O5S-. The molecule has 3 rings (SSSR count). The third-order valence-electron chi connectivity index (χ3n) is 3.94. The number of likely N-dealkylation sites (N-methyl/N-ethyl adjacent to an activating group) is 2. The Morgan fingerprint density at radius 3 is 2.38 bits per heavy atom. The van der Waals surface area contributed by atoms with Gasteiger partial charge in [-0.15, -0.1) is 0 Å². The van der Waals surface area contributed by atoms with Crippen molar-refractivity contribution in [2.45, 2.75) is 0 Å². The van der Waals surface area contributed by atoms with E-state index in [9.17, 15) is 19.5 Å². The van der Waals surface area contributed by atoms with E-state index in [1.165, 1.54) is 42.1 Å². The highest BCUT2D eigenvalue weighted by Crippen LogP contribution is 2.25. The van der Waals surface area contributed by atoms with Gasteiger partial charge in [0.2, 0.25) is 0 Å². The summed E-state index contributed by atoms with van der Waals surface area (Å²) in [4.78, 5) is 38.0. The average Bonchev–Trinajstić information content (AvgIpc) is 3.11. The number of hydrogen-bond acceptors (Lipinski definition) is 6. The number of hydrogen-bond donors (Lipinski definition) is 0. The van der Waals surface area contributed by atoms with Gasteiger partial charge in [-0.3, -0.25) is 19.4 Å². The van der Waals surface area contributed by atoms with E-state index < -0.39 is 17.8 Å². The fraction of sp³-hybridized carbons (Fsp3) is 0.111. The van der Waals surface area contributed by atoms with Crippen LogP contribution in [0.3, 0.4) is 0 Å². The number of carboxylic acids is 1. The van der Waals surface area contributed by atoms with Crippen LogP contribution in [0.2, 0.25) is 0 Å². The zero-order valence-corrected chi connectivity index (χ0v) is 14.7. The van der Waals surface area contributed by atoms with Crippen molar-refractivity contribution < 1.29 is 23.9 Å². The van der Waals surface area contributed by atoms with Gasteiger partial charge in [0.1, 0.15) is 17.1 Å². The van der Waals surface area contributed by atoms with E-state index >= 15 is 0 Å². The van der Waals surface area contributed by atoms with Gasteiger partial charge in [-0.25, -0.2) is 0 Å². The van der Waals surface area contributed by atoms with E-state index in [0.29, 0.717) is 11.3 Å². The zero-order valence-electron chi connectivity index (χ0n) is 13.9. The highest BCUT2D eigenvalue weighted by molar-refractivity contribution is 7.80. The van der Waals surface area contributed by atoms with Crippen LogP contribution in [-0.4, -0.2) is 46.8 Å². The van der Waals surface area contributed by atoms with Gasteiger partial charge in [-0.2, -0.15) is 0 Å².